The van der Waals surface area contributed by atoms with Gasteiger partial charge in [0.05, 0.1) is 25.4 Å². The molecule has 1 saturated carbocycles. The number of ether oxygens (including phenoxy) is 3. The summed E-state index contributed by atoms with van der Waals surface area (Å²) in [6.07, 6.45) is 5.19. The molecule has 0 saturated heterocycles. The molecule has 1 fully saturated rings. The molecular formula is C16H23IO3. The molecule has 0 amide bonds. The number of hydrogen-bond donors (Lipinski definition) is 0. The Morgan fingerprint density at radius 1 is 1.20 bits per heavy atom. The molecule has 112 valence electrons. The van der Waals surface area contributed by atoms with E-state index in [0.717, 1.165) is 35.0 Å². The number of alkyl halides is 1. The maximum Gasteiger partial charge on any atom is 0.124 e. The molecule has 1 aliphatic carbocycles. The molecule has 0 aliphatic heterocycles. The first-order chi connectivity index (χ1) is 9.78. The number of benzene rings is 1. The largest absolute Gasteiger partial charge is 0.496 e. The second-order valence-electron chi connectivity index (χ2n) is 5.17. The van der Waals surface area contributed by atoms with Gasteiger partial charge < -0.3 is 14.2 Å². The van der Waals surface area contributed by atoms with E-state index in [1.165, 1.54) is 6.42 Å². The molecule has 1 aromatic carbocycles. The first-order valence-corrected chi connectivity index (χ1v) is 8.68. The average Bonchev–Trinajstić information content (AvgIpc) is 2.52. The molecule has 2 rings (SSSR count). The van der Waals surface area contributed by atoms with Crippen LogP contribution in [-0.2, 0) is 9.47 Å². The van der Waals surface area contributed by atoms with Gasteiger partial charge in [-0.25, -0.2) is 0 Å². The fourth-order valence-electron chi connectivity index (χ4n) is 2.80. The normalized spacial score (nSPS) is 24.4. The van der Waals surface area contributed by atoms with Gasteiger partial charge in [-0.1, -0.05) is 40.8 Å². The van der Waals surface area contributed by atoms with Crippen molar-refractivity contribution in [1.29, 1.82) is 0 Å². The molecule has 3 unspecified atom stereocenters. The molecule has 0 heterocycles. The van der Waals surface area contributed by atoms with Gasteiger partial charge in [-0.2, -0.15) is 0 Å². The summed E-state index contributed by atoms with van der Waals surface area (Å²) in [6.45, 7) is 0. The Kier molecular flexibility index (Phi) is 6.58. The zero-order chi connectivity index (χ0) is 14.4. The van der Waals surface area contributed by atoms with E-state index in [1.807, 2.05) is 18.2 Å². The van der Waals surface area contributed by atoms with Crippen molar-refractivity contribution in [3.8, 4) is 5.75 Å². The van der Waals surface area contributed by atoms with Crippen LogP contribution >= 0.6 is 22.6 Å². The first kappa shape index (κ1) is 16.0. The van der Waals surface area contributed by atoms with E-state index < -0.39 is 0 Å². The number of halogens is 1. The summed E-state index contributed by atoms with van der Waals surface area (Å²) in [5.74, 6) is 0.910. The molecule has 3 nitrogen and oxygen atoms in total. The van der Waals surface area contributed by atoms with Crippen LogP contribution in [0.25, 0.3) is 0 Å². The molecule has 1 aromatic rings. The Balaban J connectivity index is 2.05. The van der Waals surface area contributed by atoms with Gasteiger partial charge in [0, 0.05) is 17.1 Å². The Hall–Kier alpha value is -0.330. The van der Waals surface area contributed by atoms with Crippen LogP contribution in [0.2, 0.25) is 0 Å². The van der Waals surface area contributed by atoms with Gasteiger partial charge in [0.25, 0.3) is 0 Å². The standard InChI is InChI=1S/C16H23IO3/c1-18-12-6-5-7-13(10-12)20-16(11-17)14-8-3-4-9-15(14)19-2/h3-4,8-9,12-13,16H,5-7,10-11H2,1-2H3. The summed E-state index contributed by atoms with van der Waals surface area (Å²) in [7, 11) is 3.51. The van der Waals surface area contributed by atoms with E-state index >= 15 is 0 Å². The fraction of sp³-hybridized carbons (Fsp3) is 0.625. The molecule has 0 spiro atoms. The van der Waals surface area contributed by atoms with E-state index in [1.54, 1.807) is 14.2 Å². The van der Waals surface area contributed by atoms with Crippen molar-refractivity contribution in [1.82, 2.24) is 0 Å². The molecule has 0 bridgehead atoms. The molecule has 3 atom stereocenters. The lowest BCUT2D eigenvalue weighted by Crippen LogP contribution is -2.29. The van der Waals surface area contributed by atoms with Crippen LogP contribution in [0.3, 0.4) is 0 Å². The van der Waals surface area contributed by atoms with Crippen LogP contribution in [-0.4, -0.2) is 30.9 Å². The minimum Gasteiger partial charge on any atom is -0.496 e. The highest BCUT2D eigenvalue weighted by Gasteiger charge is 2.26. The predicted octanol–water partition coefficient (Wildman–Crippen LogP) is 4.15. The van der Waals surface area contributed by atoms with Gasteiger partial charge in [-0.3, -0.25) is 0 Å². The van der Waals surface area contributed by atoms with E-state index in [9.17, 15) is 0 Å². The van der Waals surface area contributed by atoms with Crippen LogP contribution in [0, 0.1) is 0 Å². The number of para-hydroxylation sites is 1. The number of methoxy groups -OCH3 is 2. The van der Waals surface area contributed by atoms with Crippen LogP contribution in [0.15, 0.2) is 24.3 Å². The monoisotopic (exact) mass is 390 g/mol. The predicted molar refractivity (Wildman–Crippen MR) is 88.8 cm³/mol. The molecule has 0 aromatic heterocycles. The number of hydrogen-bond acceptors (Lipinski definition) is 3. The van der Waals surface area contributed by atoms with Crippen LogP contribution < -0.4 is 4.74 Å². The minimum absolute atomic E-state index is 0.0901. The summed E-state index contributed by atoms with van der Waals surface area (Å²) in [6, 6.07) is 8.13. The molecule has 4 heteroatoms. The van der Waals surface area contributed by atoms with E-state index in [4.69, 9.17) is 14.2 Å². The van der Waals surface area contributed by atoms with Gasteiger partial charge in [-0.15, -0.1) is 0 Å². The van der Waals surface area contributed by atoms with Crippen LogP contribution in [0.5, 0.6) is 5.75 Å². The Morgan fingerprint density at radius 3 is 2.65 bits per heavy atom. The Morgan fingerprint density at radius 2 is 1.95 bits per heavy atom. The van der Waals surface area contributed by atoms with E-state index in [2.05, 4.69) is 28.7 Å². The minimum atomic E-state index is 0.0901. The van der Waals surface area contributed by atoms with Gasteiger partial charge >= 0.3 is 0 Å². The zero-order valence-corrected chi connectivity index (χ0v) is 14.3. The lowest BCUT2D eigenvalue weighted by atomic mass is 9.94. The van der Waals surface area contributed by atoms with Gasteiger partial charge in [-0.05, 0) is 31.7 Å². The van der Waals surface area contributed by atoms with Gasteiger partial charge in [0.2, 0.25) is 0 Å². The van der Waals surface area contributed by atoms with Crippen molar-refractivity contribution >= 4 is 22.6 Å². The molecule has 20 heavy (non-hydrogen) atoms. The SMILES string of the molecule is COc1ccccc1C(CI)OC1CCCC(OC)C1. The van der Waals surface area contributed by atoms with E-state index in [-0.39, 0.29) is 6.10 Å². The first-order valence-electron chi connectivity index (χ1n) is 7.15. The smallest absolute Gasteiger partial charge is 0.124 e. The van der Waals surface area contributed by atoms with Crippen molar-refractivity contribution in [2.24, 2.45) is 0 Å². The second-order valence-corrected chi connectivity index (χ2v) is 6.05. The summed E-state index contributed by atoms with van der Waals surface area (Å²) in [5.41, 5.74) is 1.14. The van der Waals surface area contributed by atoms with Crippen molar-refractivity contribution < 1.29 is 14.2 Å². The summed E-state index contributed by atoms with van der Waals surface area (Å²) in [5, 5.41) is 0. The molecule has 0 N–H and O–H groups in total. The van der Waals surface area contributed by atoms with Crippen LogP contribution in [0.1, 0.15) is 37.4 Å². The van der Waals surface area contributed by atoms with Gasteiger partial charge in [0.1, 0.15) is 5.75 Å². The highest BCUT2D eigenvalue weighted by atomic mass is 127. The van der Waals surface area contributed by atoms with Crippen molar-refractivity contribution in [3.05, 3.63) is 29.8 Å². The van der Waals surface area contributed by atoms with Crippen LogP contribution in [0.4, 0.5) is 0 Å². The Bertz CT molecular complexity index is 410. The zero-order valence-electron chi connectivity index (χ0n) is 12.2. The number of rotatable bonds is 6. The Labute approximate surface area is 135 Å². The third kappa shape index (κ3) is 4.09. The highest BCUT2D eigenvalue weighted by molar-refractivity contribution is 14.1. The average molecular weight is 390 g/mol. The summed E-state index contributed by atoms with van der Waals surface area (Å²) in [4.78, 5) is 0. The topological polar surface area (TPSA) is 27.7 Å². The molecule has 1 aliphatic rings. The quantitative estimate of drug-likeness (QED) is 0.540. The van der Waals surface area contributed by atoms with Crippen molar-refractivity contribution in [2.75, 3.05) is 18.6 Å². The van der Waals surface area contributed by atoms with Gasteiger partial charge in [0.15, 0.2) is 0 Å². The van der Waals surface area contributed by atoms with Crippen molar-refractivity contribution in [3.63, 3.8) is 0 Å². The fourth-order valence-corrected chi connectivity index (χ4v) is 3.48. The lowest BCUT2D eigenvalue weighted by Gasteiger charge is -2.31. The molecular weight excluding hydrogens is 367 g/mol. The lowest BCUT2D eigenvalue weighted by molar-refractivity contribution is -0.0583. The second kappa shape index (κ2) is 8.20. The summed E-state index contributed by atoms with van der Waals surface area (Å²) >= 11 is 2.38. The molecule has 0 radical (unpaired) electrons. The third-order valence-electron chi connectivity index (χ3n) is 3.89. The highest BCUT2D eigenvalue weighted by Crippen LogP contribution is 2.33. The van der Waals surface area contributed by atoms with Crippen molar-refractivity contribution in [2.45, 2.75) is 44.0 Å². The third-order valence-corrected chi connectivity index (χ3v) is 4.69. The maximum absolute atomic E-state index is 6.33. The summed E-state index contributed by atoms with van der Waals surface area (Å²) < 4.78 is 18.2. The van der Waals surface area contributed by atoms with E-state index in [0.29, 0.717) is 12.2 Å². The maximum atomic E-state index is 6.33.